The second-order valence-electron chi connectivity index (χ2n) is 9.29. The van der Waals surface area contributed by atoms with E-state index in [9.17, 15) is 0 Å². The van der Waals surface area contributed by atoms with E-state index in [-0.39, 0.29) is 11.1 Å². The monoisotopic (exact) mass is 389 g/mol. The van der Waals surface area contributed by atoms with E-state index in [0.717, 1.165) is 35.2 Å². The fourth-order valence-electron chi connectivity index (χ4n) is 3.06. The van der Waals surface area contributed by atoms with Gasteiger partial charge in [-0.3, -0.25) is 0 Å². The molecular formula is C25H31NOSi. The third-order valence-electron chi connectivity index (χ3n) is 5.95. The number of allylic oxidation sites excluding steroid dienone is 4. The van der Waals surface area contributed by atoms with Gasteiger partial charge in [0.1, 0.15) is 6.10 Å². The molecule has 0 saturated carbocycles. The summed E-state index contributed by atoms with van der Waals surface area (Å²) in [5.41, 5.74) is 5.58. The molecule has 2 aliphatic carbocycles. The first-order valence-corrected chi connectivity index (χ1v) is 12.9. The fourth-order valence-corrected chi connectivity index (χ4v) is 4.19. The second-order valence-corrected chi connectivity index (χ2v) is 14.0. The molecule has 2 nitrogen and oxygen atoms in total. The lowest BCUT2D eigenvalue weighted by molar-refractivity contribution is 0.238. The fraction of sp³-hybridized carbons (Fsp3) is 0.440. The van der Waals surface area contributed by atoms with E-state index < -0.39 is 8.32 Å². The molecule has 0 saturated heterocycles. The number of hydrogen-bond acceptors (Lipinski definition) is 2. The summed E-state index contributed by atoms with van der Waals surface area (Å²) >= 11 is 0. The van der Waals surface area contributed by atoms with Gasteiger partial charge in [0.25, 0.3) is 0 Å². The lowest BCUT2D eigenvalue weighted by Gasteiger charge is -2.38. The molecule has 3 rings (SSSR count). The minimum Gasteiger partial charge on any atom is -0.399 e. The van der Waals surface area contributed by atoms with Crippen molar-refractivity contribution in [1.29, 1.82) is 0 Å². The van der Waals surface area contributed by atoms with Crippen molar-refractivity contribution in [3.05, 3.63) is 52.6 Å². The SMILES string of the molecule is CN(C)c1ccc2c(c1)C#C/C=C1/CCC=C1C#CC2O[Si](C)(C)C(C)(C)C. The Balaban J connectivity index is 2.14. The predicted octanol–water partition coefficient (Wildman–Crippen LogP) is 5.83. The number of nitrogens with zero attached hydrogens (tertiary/aromatic N) is 1. The Hall–Kier alpha value is -2.20. The highest BCUT2D eigenvalue weighted by molar-refractivity contribution is 6.74. The van der Waals surface area contributed by atoms with E-state index in [0.29, 0.717) is 0 Å². The van der Waals surface area contributed by atoms with Gasteiger partial charge in [-0.2, -0.15) is 0 Å². The molecule has 1 aromatic rings. The van der Waals surface area contributed by atoms with Crippen molar-refractivity contribution in [2.24, 2.45) is 0 Å². The highest BCUT2D eigenvalue weighted by Crippen LogP contribution is 2.40. The molecule has 0 amide bonds. The topological polar surface area (TPSA) is 12.5 Å². The summed E-state index contributed by atoms with van der Waals surface area (Å²) in [6, 6.07) is 6.42. The maximum Gasteiger partial charge on any atom is 0.194 e. The van der Waals surface area contributed by atoms with E-state index in [1.54, 1.807) is 0 Å². The van der Waals surface area contributed by atoms with Crippen molar-refractivity contribution in [3.8, 4) is 23.7 Å². The molecule has 2 aliphatic rings. The van der Waals surface area contributed by atoms with E-state index in [1.165, 1.54) is 5.57 Å². The summed E-state index contributed by atoms with van der Waals surface area (Å²) < 4.78 is 6.79. The number of anilines is 1. The van der Waals surface area contributed by atoms with Crippen molar-refractivity contribution >= 4 is 14.0 Å². The van der Waals surface area contributed by atoms with E-state index >= 15 is 0 Å². The van der Waals surface area contributed by atoms with Crippen LogP contribution in [0.15, 0.2) is 41.5 Å². The zero-order valence-corrected chi connectivity index (χ0v) is 19.2. The van der Waals surface area contributed by atoms with Gasteiger partial charge in [-0.05, 0) is 54.8 Å². The van der Waals surface area contributed by atoms with E-state index in [4.69, 9.17) is 4.43 Å². The van der Waals surface area contributed by atoms with Gasteiger partial charge < -0.3 is 9.33 Å². The molecule has 0 aromatic heterocycles. The van der Waals surface area contributed by atoms with Crippen molar-refractivity contribution in [1.82, 2.24) is 0 Å². The summed E-state index contributed by atoms with van der Waals surface area (Å²) in [5, 5.41) is 0.122. The van der Waals surface area contributed by atoms with Crippen LogP contribution in [0, 0.1) is 23.7 Å². The van der Waals surface area contributed by atoms with Crippen LogP contribution in [-0.2, 0) is 4.43 Å². The molecule has 146 valence electrons. The Morgan fingerprint density at radius 1 is 1.14 bits per heavy atom. The van der Waals surface area contributed by atoms with Gasteiger partial charge in [0.05, 0.1) is 0 Å². The summed E-state index contributed by atoms with van der Waals surface area (Å²) in [5.74, 6) is 13.5. The van der Waals surface area contributed by atoms with Gasteiger partial charge in [-0.25, -0.2) is 0 Å². The third kappa shape index (κ3) is 4.27. The van der Waals surface area contributed by atoms with Crippen molar-refractivity contribution < 1.29 is 4.43 Å². The van der Waals surface area contributed by atoms with E-state index in [1.807, 2.05) is 6.08 Å². The summed E-state index contributed by atoms with van der Waals surface area (Å²) in [6.45, 7) is 11.4. The molecule has 0 aliphatic heterocycles. The van der Waals surface area contributed by atoms with E-state index in [2.05, 4.69) is 101 Å². The van der Waals surface area contributed by atoms with Crippen LogP contribution in [-0.4, -0.2) is 22.4 Å². The molecule has 0 spiro atoms. The van der Waals surface area contributed by atoms with Gasteiger partial charge >= 0.3 is 0 Å². The molecular weight excluding hydrogens is 358 g/mol. The standard InChI is InChI=1S/C25H31NOSi/c1-25(2,3)28(6,7)27-24-17-14-20-12-8-10-19(20)11-9-13-21-18-22(26(4)5)15-16-23(21)24/h11-12,15-16,18,24H,8,10H2,1-7H3/b19-11-. The average Bonchev–Trinajstić information content (AvgIpc) is 3.05. The van der Waals surface area contributed by atoms with Crippen LogP contribution in [0.25, 0.3) is 0 Å². The second kappa shape index (κ2) is 7.67. The number of fused-ring (bicyclic) bond motifs is 2. The Labute approximate surface area is 171 Å². The minimum atomic E-state index is -1.99. The summed E-state index contributed by atoms with van der Waals surface area (Å²) in [7, 11) is 2.11. The molecule has 0 N–H and O–H groups in total. The van der Waals surface area contributed by atoms with Gasteiger partial charge in [-0.15, -0.1) is 0 Å². The van der Waals surface area contributed by atoms with Crippen molar-refractivity contribution in [2.45, 2.75) is 57.8 Å². The van der Waals surface area contributed by atoms with Crippen LogP contribution >= 0.6 is 0 Å². The van der Waals surface area contributed by atoms with Gasteiger partial charge in [0.2, 0.25) is 0 Å². The first-order valence-electron chi connectivity index (χ1n) is 10.0. The average molecular weight is 390 g/mol. The first kappa shape index (κ1) is 20.5. The number of rotatable bonds is 3. The van der Waals surface area contributed by atoms with Crippen LogP contribution in [0.5, 0.6) is 0 Å². The van der Waals surface area contributed by atoms with Crippen LogP contribution < -0.4 is 4.90 Å². The zero-order chi connectivity index (χ0) is 20.5. The van der Waals surface area contributed by atoms with Crippen molar-refractivity contribution in [2.75, 3.05) is 19.0 Å². The first-order chi connectivity index (χ1) is 13.1. The quantitative estimate of drug-likeness (QED) is 0.476. The maximum absolute atomic E-state index is 6.79. The Bertz CT molecular complexity index is 952. The Morgan fingerprint density at radius 2 is 1.89 bits per heavy atom. The third-order valence-corrected chi connectivity index (χ3v) is 10.4. The normalized spacial score (nSPS) is 20.3. The minimum absolute atomic E-state index is 0.122. The lowest BCUT2D eigenvalue weighted by atomic mass is 9.99. The maximum atomic E-state index is 6.79. The van der Waals surface area contributed by atoms with Crippen molar-refractivity contribution in [3.63, 3.8) is 0 Å². The molecule has 0 heterocycles. The van der Waals surface area contributed by atoms with Gasteiger partial charge in [-0.1, -0.05) is 56.6 Å². The van der Waals surface area contributed by atoms with Gasteiger partial charge in [0, 0.05) is 36.5 Å². The Morgan fingerprint density at radius 3 is 2.57 bits per heavy atom. The lowest BCUT2D eigenvalue weighted by Crippen LogP contribution is -2.41. The molecule has 0 radical (unpaired) electrons. The predicted molar refractivity (Wildman–Crippen MR) is 122 cm³/mol. The molecule has 1 unspecified atom stereocenters. The Kier molecular flexibility index (Phi) is 5.62. The molecule has 0 fully saturated rings. The van der Waals surface area contributed by atoms with Crippen LogP contribution in [0.1, 0.15) is 50.8 Å². The molecule has 3 heteroatoms. The summed E-state index contributed by atoms with van der Waals surface area (Å²) in [6.07, 6.45) is 6.07. The molecule has 1 atom stereocenters. The highest BCUT2D eigenvalue weighted by atomic mass is 28.4. The smallest absolute Gasteiger partial charge is 0.194 e. The zero-order valence-electron chi connectivity index (χ0n) is 18.2. The van der Waals surface area contributed by atoms with Crippen LogP contribution in [0.4, 0.5) is 5.69 Å². The number of hydrogen-bond donors (Lipinski definition) is 0. The number of benzene rings is 1. The van der Waals surface area contributed by atoms with Crippen LogP contribution in [0.3, 0.4) is 0 Å². The molecule has 0 bridgehead atoms. The van der Waals surface area contributed by atoms with Crippen LogP contribution in [0.2, 0.25) is 18.1 Å². The largest absolute Gasteiger partial charge is 0.399 e. The molecule has 1 aromatic carbocycles. The van der Waals surface area contributed by atoms with Gasteiger partial charge in [0.15, 0.2) is 8.32 Å². The molecule has 28 heavy (non-hydrogen) atoms. The summed E-state index contributed by atoms with van der Waals surface area (Å²) in [4.78, 5) is 2.10. The highest BCUT2D eigenvalue weighted by Gasteiger charge is 2.39.